The molecule has 1 N–H and O–H groups in total. The number of nitrogens with one attached hydrogen (secondary N) is 1. The van der Waals surface area contributed by atoms with Crippen LogP contribution in [0.1, 0.15) is 33.1 Å². The first kappa shape index (κ1) is 16.4. The largest absolute Gasteiger partial charge is 0.314 e. The van der Waals surface area contributed by atoms with Crippen LogP contribution in [-0.4, -0.2) is 43.4 Å². The molecule has 1 unspecified atom stereocenters. The Hall–Kier alpha value is -0.980. The highest BCUT2D eigenvalue weighted by Gasteiger charge is 2.31. The zero-order valence-electron chi connectivity index (χ0n) is 12.8. The molecule has 1 saturated heterocycles. The third-order valence-corrected chi connectivity index (χ3v) is 6.08. The minimum atomic E-state index is -3.38. The van der Waals surface area contributed by atoms with Gasteiger partial charge in [0.1, 0.15) is 4.90 Å². The smallest absolute Gasteiger partial charge is 0.244 e. The molecule has 2 heterocycles. The quantitative estimate of drug-likeness (QED) is 0.871. The maximum Gasteiger partial charge on any atom is 0.244 e. The van der Waals surface area contributed by atoms with Crippen molar-refractivity contribution in [1.29, 1.82) is 0 Å². The van der Waals surface area contributed by atoms with E-state index in [2.05, 4.69) is 24.1 Å². The molecule has 0 bridgehead atoms. The van der Waals surface area contributed by atoms with Gasteiger partial charge in [0, 0.05) is 31.5 Å². The van der Waals surface area contributed by atoms with E-state index < -0.39 is 10.0 Å². The van der Waals surface area contributed by atoms with Crippen LogP contribution in [-0.2, 0) is 10.0 Å². The van der Waals surface area contributed by atoms with E-state index in [0.717, 1.165) is 25.8 Å². The molecule has 0 aliphatic carbocycles. The Morgan fingerprint density at radius 3 is 2.71 bits per heavy atom. The molecule has 118 valence electrons. The number of hydrogen-bond acceptors (Lipinski definition) is 4. The van der Waals surface area contributed by atoms with E-state index in [4.69, 9.17) is 0 Å². The summed E-state index contributed by atoms with van der Waals surface area (Å²) in [5.41, 5.74) is 0. The fourth-order valence-corrected chi connectivity index (χ4v) is 4.24. The minimum Gasteiger partial charge on any atom is -0.314 e. The lowest BCUT2D eigenvalue weighted by atomic mass is 9.91. The van der Waals surface area contributed by atoms with Crippen molar-refractivity contribution < 1.29 is 8.42 Å². The summed E-state index contributed by atoms with van der Waals surface area (Å²) in [4.78, 5) is 4.20. The van der Waals surface area contributed by atoms with Gasteiger partial charge in [-0.25, -0.2) is 8.42 Å². The fraction of sp³-hybridized carbons (Fsp3) is 0.667. The van der Waals surface area contributed by atoms with Crippen LogP contribution in [0.2, 0.25) is 0 Å². The molecule has 1 aliphatic heterocycles. The topological polar surface area (TPSA) is 62.3 Å². The van der Waals surface area contributed by atoms with Crippen LogP contribution < -0.4 is 5.32 Å². The minimum absolute atomic E-state index is 0.292. The highest BCUT2D eigenvalue weighted by Crippen LogP contribution is 2.25. The molecule has 0 spiro atoms. The monoisotopic (exact) mass is 311 g/mol. The number of piperidine rings is 1. The highest BCUT2D eigenvalue weighted by molar-refractivity contribution is 7.89. The molecule has 0 amide bonds. The van der Waals surface area contributed by atoms with Crippen molar-refractivity contribution >= 4 is 10.0 Å². The van der Waals surface area contributed by atoms with Gasteiger partial charge in [-0.2, -0.15) is 4.31 Å². The average molecular weight is 311 g/mol. The molecule has 0 aromatic carbocycles. The molecule has 2 rings (SSSR count). The normalized spacial score (nSPS) is 19.5. The Kier molecular flexibility index (Phi) is 5.72. The molecule has 0 saturated carbocycles. The van der Waals surface area contributed by atoms with Crippen LogP contribution in [0.3, 0.4) is 0 Å². The molecule has 1 aromatic rings. The first-order valence-electron chi connectivity index (χ1n) is 7.69. The van der Waals surface area contributed by atoms with E-state index in [1.165, 1.54) is 6.20 Å². The second kappa shape index (κ2) is 7.33. The highest BCUT2D eigenvalue weighted by atomic mass is 32.2. The molecule has 1 aliphatic rings. The first-order chi connectivity index (χ1) is 10.1. The van der Waals surface area contributed by atoms with Gasteiger partial charge in [0.2, 0.25) is 10.0 Å². The van der Waals surface area contributed by atoms with Gasteiger partial charge < -0.3 is 5.32 Å². The van der Waals surface area contributed by atoms with Crippen LogP contribution in [0.4, 0.5) is 0 Å². The van der Waals surface area contributed by atoms with Crippen molar-refractivity contribution in [3.63, 3.8) is 0 Å². The van der Waals surface area contributed by atoms with E-state index in [1.54, 1.807) is 22.6 Å². The molecule has 0 radical (unpaired) electrons. The standard InChI is InChI=1S/C15H25N3O2S/c1-3-8-17-13(2)14-6-10-18(11-7-14)21(19,20)15-5-4-9-16-12-15/h4-5,9,12-14,17H,3,6-8,10-11H2,1-2H3. The molecule has 21 heavy (non-hydrogen) atoms. The summed E-state index contributed by atoms with van der Waals surface area (Å²) >= 11 is 0. The summed E-state index contributed by atoms with van der Waals surface area (Å²) in [7, 11) is -3.38. The zero-order chi connectivity index (χ0) is 15.3. The van der Waals surface area contributed by atoms with Gasteiger partial charge in [-0.15, -0.1) is 0 Å². The van der Waals surface area contributed by atoms with Crippen molar-refractivity contribution in [2.24, 2.45) is 5.92 Å². The maximum absolute atomic E-state index is 12.5. The molecular formula is C15H25N3O2S. The van der Waals surface area contributed by atoms with E-state index in [9.17, 15) is 8.42 Å². The molecule has 1 atom stereocenters. The van der Waals surface area contributed by atoms with Crippen molar-refractivity contribution in [2.45, 2.75) is 44.0 Å². The summed E-state index contributed by atoms with van der Waals surface area (Å²) in [6.07, 6.45) is 5.96. The maximum atomic E-state index is 12.5. The number of aromatic nitrogens is 1. The number of hydrogen-bond donors (Lipinski definition) is 1. The number of rotatable bonds is 6. The summed E-state index contributed by atoms with van der Waals surface area (Å²) in [5.74, 6) is 0.553. The summed E-state index contributed by atoms with van der Waals surface area (Å²) < 4.78 is 26.6. The molecule has 1 aromatic heterocycles. The third kappa shape index (κ3) is 4.02. The van der Waals surface area contributed by atoms with Crippen LogP contribution in [0.25, 0.3) is 0 Å². The molecule has 5 nitrogen and oxygen atoms in total. The summed E-state index contributed by atoms with van der Waals surface area (Å²) in [5, 5.41) is 3.51. The van der Waals surface area contributed by atoms with Gasteiger partial charge in [0.15, 0.2) is 0 Å². The van der Waals surface area contributed by atoms with Gasteiger partial charge in [-0.3, -0.25) is 4.98 Å². The van der Waals surface area contributed by atoms with Crippen LogP contribution in [0, 0.1) is 5.92 Å². The predicted molar refractivity (Wildman–Crippen MR) is 83.5 cm³/mol. The van der Waals surface area contributed by atoms with Gasteiger partial charge in [0.25, 0.3) is 0 Å². The number of sulfonamides is 1. The second-order valence-corrected chi connectivity index (χ2v) is 7.61. The Morgan fingerprint density at radius 1 is 1.43 bits per heavy atom. The fourth-order valence-electron chi connectivity index (χ4n) is 2.80. The Balaban J connectivity index is 1.95. The lowest BCUT2D eigenvalue weighted by Gasteiger charge is -2.34. The Bertz CT molecular complexity index is 525. The lowest BCUT2D eigenvalue weighted by molar-refractivity contribution is 0.231. The van der Waals surface area contributed by atoms with Crippen LogP contribution in [0.15, 0.2) is 29.4 Å². The number of pyridine rings is 1. The second-order valence-electron chi connectivity index (χ2n) is 5.67. The molecular weight excluding hydrogens is 286 g/mol. The van der Waals surface area contributed by atoms with Crippen molar-refractivity contribution in [3.8, 4) is 0 Å². The van der Waals surface area contributed by atoms with Gasteiger partial charge in [0.05, 0.1) is 0 Å². The summed E-state index contributed by atoms with van der Waals surface area (Å²) in [6.45, 7) is 6.57. The van der Waals surface area contributed by atoms with Crippen molar-refractivity contribution in [1.82, 2.24) is 14.6 Å². The van der Waals surface area contributed by atoms with E-state index in [1.807, 2.05) is 0 Å². The average Bonchev–Trinajstić information content (AvgIpc) is 2.53. The third-order valence-electron chi connectivity index (χ3n) is 4.19. The Morgan fingerprint density at radius 2 is 2.14 bits per heavy atom. The molecule has 6 heteroatoms. The van der Waals surface area contributed by atoms with Gasteiger partial charge in [-0.1, -0.05) is 6.92 Å². The SMILES string of the molecule is CCCNC(C)C1CCN(S(=O)(=O)c2cccnc2)CC1. The summed E-state index contributed by atoms with van der Waals surface area (Å²) in [6, 6.07) is 3.73. The zero-order valence-corrected chi connectivity index (χ0v) is 13.6. The van der Waals surface area contributed by atoms with Crippen LogP contribution in [0.5, 0.6) is 0 Å². The molecule has 1 fully saturated rings. The van der Waals surface area contributed by atoms with Gasteiger partial charge in [-0.05, 0) is 50.8 Å². The van der Waals surface area contributed by atoms with Crippen molar-refractivity contribution in [2.75, 3.05) is 19.6 Å². The van der Waals surface area contributed by atoms with E-state index in [0.29, 0.717) is 29.9 Å². The van der Waals surface area contributed by atoms with Crippen molar-refractivity contribution in [3.05, 3.63) is 24.5 Å². The van der Waals surface area contributed by atoms with Gasteiger partial charge >= 0.3 is 0 Å². The van der Waals surface area contributed by atoms with Crippen LogP contribution >= 0.6 is 0 Å². The van der Waals surface area contributed by atoms with E-state index in [-0.39, 0.29) is 0 Å². The Labute approximate surface area is 127 Å². The predicted octanol–water partition coefficient (Wildman–Crippen LogP) is 1.87. The lowest BCUT2D eigenvalue weighted by Crippen LogP contribution is -2.44. The number of nitrogens with zero attached hydrogens (tertiary/aromatic N) is 2. The first-order valence-corrected chi connectivity index (χ1v) is 9.13. The van der Waals surface area contributed by atoms with E-state index >= 15 is 0 Å².